The number of methoxy groups -OCH3 is 1. The van der Waals surface area contributed by atoms with E-state index in [9.17, 15) is 10.1 Å². The monoisotopic (exact) mass is 268 g/mol. The quantitative estimate of drug-likeness (QED) is 0.647. The Kier molecular flexibility index (Phi) is 4.06. The first kappa shape index (κ1) is 13.4. The molecular weight excluding hydrogens is 252 g/mol. The van der Waals surface area contributed by atoms with Gasteiger partial charge < -0.3 is 19.5 Å². The molecule has 104 valence electrons. The van der Waals surface area contributed by atoms with Crippen molar-refractivity contribution < 1.29 is 19.1 Å². The number of anilines is 1. The van der Waals surface area contributed by atoms with Gasteiger partial charge in [-0.2, -0.15) is 0 Å². The maximum absolute atomic E-state index is 11.1. The SMILES string of the molecule is COC[C@@H](C)Nc1cc2c(cc1[N+](=O)[O-])OCCO2. The summed E-state index contributed by atoms with van der Waals surface area (Å²) in [6.45, 7) is 3.17. The average molecular weight is 268 g/mol. The molecular formula is C12H16N2O5. The molecule has 0 aliphatic carbocycles. The van der Waals surface area contributed by atoms with Gasteiger partial charge in [-0.05, 0) is 6.92 Å². The van der Waals surface area contributed by atoms with Gasteiger partial charge in [0.15, 0.2) is 11.5 Å². The lowest BCUT2D eigenvalue weighted by molar-refractivity contribution is -0.384. The summed E-state index contributed by atoms with van der Waals surface area (Å²) in [5.41, 5.74) is 0.367. The van der Waals surface area contributed by atoms with E-state index >= 15 is 0 Å². The van der Waals surface area contributed by atoms with E-state index in [0.717, 1.165) is 0 Å². The summed E-state index contributed by atoms with van der Waals surface area (Å²) in [5, 5.41) is 14.1. The van der Waals surface area contributed by atoms with Crippen LogP contribution in [0.25, 0.3) is 0 Å². The predicted octanol–water partition coefficient (Wildman–Crippen LogP) is 1.81. The van der Waals surface area contributed by atoms with Crippen LogP contribution in [-0.2, 0) is 4.74 Å². The zero-order valence-electron chi connectivity index (χ0n) is 10.8. The number of rotatable bonds is 5. The van der Waals surface area contributed by atoms with E-state index in [1.54, 1.807) is 13.2 Å². The topological polar surface area (TPSA) is 82.9 Å². The van der Waals surface area contributed by atoms with E-state index in [-0.39, 0.29) is 11.7 Å². The summed E-state index contributed by atoms with van der Waals surface area (Å²) in [6, 6.07) is 2.93. The second-order valence-corrected chi connectivity index (χ2v) is 4.27. The van der Waals surface area contributed by atoms with E-state index in [1.165, 1.54) is 6.07 Å². The summed E-state index contributed by atoms with van der Waals surface area (Å²) in [5.74, 6) is 0.923. The minimum Gasteiger partial charge on any atom is -0.486 e. The highest BCUT2D eigenvalue weighted by molar-refractivity contribution is 5.69. The summed E-state index contributed by atoms with van der Waals surface area (Å²) in [6.07, 6.45) is 0. The van der Waals surface area contributed by atoms with Crippen LogP contribution in [-0.4, -0.2) is 37.9 Å². The molecule has 0 unspecified atom stereocenters. The molecule has 1 aliphatic heterocycles. The Bertz CT molecular complexity index is 477. The highest BCUT2D eigenvalue weighted by Crippen LogP contribution is 2.39. The minimum atomic E-state index is -0.444. The van der Waals surface area contributed by atoms with Gasteiger partial charge >= 0.3 is 0 Å². The van der Waals surface area contributed by atoms with Gasteiger partial charge in [0, 0.05) is 19.2 Å². The standard InChI is InChI=1S/C12H16N2O5/c1-8(7-17-2)13-9-5-11-12(19-4-3-18-11)6-10(9)14(15)16/h5-6,8,13H,3-4,7H2,1-2H3/t8-/m1/s1. The van der Waals surface area contributed by atoms with Crippen molar-refractivity contribution in [2.24, 2.45) is 0 Å². The van der Waals surface area contributed by atoms with Crippen LogP contribution in [0, 0.1) is 10.1 Å². The smallest absolute Gasteiger partial charge is 0.296 e. The Morgan fingerprint density at radius 3 is 2.63 bits per heavy atom. The fourth-order valence-electron chi connectivity index (χ4n) is 1.90. The van der Waals surface area contributed by atoms with Gasteiger partial charge in [-0.3, -0.25) is 10.1 Å². The molecule has 0 fully saturated rings. The minimum absolute atomic E-state index is 0.0350. The Morgan fingerprint density at radius 2 is 2.05 bits per heavy atom. The first-order valence-corrected chi connectivity index (χ1v) is 5.95. The summed E-state index contributed by atoms with van der Waals surface area (Å²) in [7, 11) is 1.58. The van der Waals surface area contributed by atoms with E-state index < -0.39 is 4.92 Å². The lowest BCUT2D eigenvalue weighted by Gasteiger charge is -2.20. The molecule has 1 heterocycles. The number of nitrogens with zero attached hydrogens (tertiary/aromatic N) is 1. The molecule has 1 aromatic rings. The molecule has 0 saturated heterocycles. The first-order chi connectivity index (χ1) is 9.11. The lowest BCUT2D eigenvalue weighted by Crippen LogP contribution is -2.22. The number of hydrogen-bond acceptors (Lipinski definition) is 6. The number of nitro groups is 1. The molecule has 1 atom stereocenters. The third-order valence-electron chi connectivity index (χ3n) is 2.68. The van der Waals surface area contributed by atoms with Gasteiger partial charge in [-0.1, -0.05) is 0 Å². The van der Waals surface area contributed by atoms with Crippen molar-refractivity contribution in [1.29, 1.82) is 0 Å². The highest BCUT2D eigenvalue weighted by Gasteiger charge is 2.23. The van der Waals surface area contributed by atoms with Crippen LogP contribution in [0.4, 0.5) is 11.4 Å². The van der Waals surface area contributed by atoms with Gasteiger partial charge in [0.25, 0.3) is 5.69 Å². The van der Waals surface area contributed by atoms with E-state index in [4.69, 9.17) is 14.2 Å². The molecule has 1 N–H and O–H groups in total. The number of hydrogen-bond donors (Lipinski definition) is 1. The average Bonchev–Trinajstić information content (AvgIpc) is 2.38. The Labute approximate surface area is 110 Å². The van der Waals surface area contributed by atoms with Crippen LogP contribution in [0.3, 0.4) is 0 Å². The Balaban J connectivity index is 2.31. The van der Waals surface area contributed by atoms with Crippen LogP contribution in [0.1, 0.15) is 6.92 Å². The van der Waals surface area contributed by atoms with E-state index in [2.05, 4.69) is 5.32 Å². The second-order valence-electron chi connectivity index (χ2n) is 4.27. The molecule has 0 radical (unpaired) electrons. The summed E-state index contributed by atoms with van der Waals surface area (Å²) >= 11 is 0. The first-order valence-electron chi connectivity index (χ1n) is 5.95. The largest absolute Gasteiger partial charge is 0.486 e. The number of nitrogens with one attached hydrogen (secondary N) is 1. The van der Waals surface area contributed by atoms with Crippen molar-refractivity contribution in [3.8, 4) is 11.5 Å². The van der Waals surface area contributed by atoms with Crippen molar-refractivity contribution in [3.05, 3.63) is 22.2 Å². The molecule has 0 bridgehead atoms. The molecule has 1 aliphatic rings. The van der Waals surface area contributed by atoms with Crippen molar-refractivity contribution >= 4 is 11.4 Å². The fourth-order valence-corrected chi connectivity index (χ4v) is 1.90. The number of benzene rings is 1. The van der Waals surface area contributed by atoms with Gasteiger partial charge in [-0.25, -0.2) is 0 Å². The molecule has 2 rings (SSSR count). The number of fused-ring (bicyclic) bond motifs is 1. The van der Waals surface area contributed by atoms with Crippen LogP contribution in [0.5, 0.6) is 11.5 Å². The van der Waals surface area contributed by atoms with Crippen molar-refractivity contribution in [2.75, 3.05) is 32.2 Å². The number of nitro benzene ring substituents is 1. The molecule has 7 nitrogen and oxygen atoms in total. The molecule has 7 heteroatoms. The summed E-state index contributed by atoms with van der Waals surface area (Å²) < 4.78 is 15.8. The molecule has 0 saturated carbocycles. The van der Waals surface area contributed by atoms with Gasteiger partial charge in [0.05, 0.1) is 17.6 Å². The predicted molar refractivity (Wildman–Crippen MR) is 69.0 cm³/mol. The maximum Gasteiger partial charge on any atom is 0.296 e. The second kappa shape index (κ2) is 5.75. The molecule has 0 spiro atoms. The van der Waals surface area contributed by atoms with Crippen molar-refractivity contribution in [2.45, 2.75) is 13.0 Å². The van der Waals surface area contributed by atoms with Gasteiger partial charge in [0.2, 0.25) is 0 Å². The van der Waals surface area contributed by atoms with Crippen LogP contribution in [0.2, 0.25) is 0 Å². The Hall–Kier alpha value is -2.02. The molecule has 19 heavy (non-hydrogen) atoms. The van der Waals surface area contributed by atoms with Crippen LogP contribution in [0.15, 0.2) is 12.1 Å². The molecule has 1 aromatic carbocycles. The summed E-state index contributed by atoms with van der Waals surface area (Å²) in [4.78, 5) is 10.6. The third-order valence-corrected chi connectivity index (χ3v) is 2.68. The van der Waals surface area contributed by atoms with Crippen LogP contribution < -0.4 is 14.8 Å². The third kappa shape index (κ3) is 3.05. The van der Waals surface area contributed by atoms with E-state index in [1.807, 2.05) is 6.92 Å². The van der Waals surface area contributed by atoms with Gasteiger partial charge in [0.1, 0.15) is 18.9 Å². The van der Waals surface area contributed by atoms with Crippen molar-refractivity contribution in [1.82, 2.24) is 0 Å². The van der Waals surface area contributed by atoms with Crippen LogP contribution >= 0.6 is 0 Å². The van der Waals surface area contributed by atoms with Crippen molar-refractivity contribution in [3.63, 3.8) is 0 Å². The zero-order valence-corrected chi connectivity index (χ0v) is 10.8. The maximum atomic E-state index is 11.1. The van der Waals surface area contributed by atoms with E-state index in [0.29, 0.717) is 37.0 Å². The number of ether oxygens (including phenoxy) is 3. The molecule has 0 aromatic heterocycles. The Morgan fingerprint density at radius 1 is 1.42 bits per heavy atom. The zero-order chi connectivity index (χ0) is 13.8. The normalized spacial score (nSPS) is 14.8. The lowest BCUT2D eigenvalue weighted by atomic mass is 10.2. The van der Waals surface area contributed by atoms with Gasteiger partial charge in [-0.15, -0.1) is 0 Å². The molecule has 0 amide bonds. The fraction of sp³-hybridized carbons (Fsp3) is 0.500. The highest BCUT2D eigenvalue weighted by atomic mass is 16.6.